The summed E-state index contributed by atoms with van der Waals surface area (Å²) >= 11 is 0. The van der Waals surface area contributed by atoms with Crippen LogP contribution in [0, 0.1) is 0 Å². The highest BCUT2D eigenvalue weighted by Crippen LogP contribution is 2.02. The molecule has 0 saturated carbocycles. The van der Waals surface area contributed by atoms with Crippen molar-refractivity contribution in [3.05, 3.63) is 24.3 Å². The van der Waals surface area contributed by atoms with Crippen LogP contribution in [0.1, 0.15) is 0 Å². The average molecular weight is 127 g/mol. The number of rotatable bonds is 1. The lowest BCUT2D eigenvalue weighted by Crippen LogP contribution is -1.80. The van der Waals surface area contributed by atoms with Gasteiger partial charge in [-0.25, -0.2) is 21.3 Å². The van der Waals surface area contributed by atoms with Crippen LogP contribution in [-0.2, 0) is 9.13 Å². The first kappa shape index (κ1) is 5.39. The van der Waals surface area contributed by atoms with Crippen molar-refractivity contribution in [2.75, 3.05) is 0 Å². The lowest BCUT2D eigenvalue weighted by atomic mass is 10.7. The van der Waals surface area contributed by atoms with Crippen LogP contribution in [0.25, 0.3) is 0 Å². The zero-order valence-corrected chi connectivity index (χ0v) is 4.97. The first-order valence-electron chi connectivity index (χ1n) is 2.17. The van der Waals surface area contributed by atoms with Gasteiger partial charge in [-0.1, -0.05) is 0 Å². The standard InChI is InChI=1S/C5H4O2P/c6-8(7)5-3-1-2-4-5/h1-4H/q-1. The van der Waals surface area contributed by atoms with E-state index in [9.17, 15) is 9.13 Å². The zero-order valence-electron chi connectivity index (χ0n) is 4.07. The molecule has 0 bridgehead atoms. The maximum absolute atomic E-state index is 10.1. The van der Waals surface area contributed by atoms with Crippen LogP contribution in [0.15, 0.2) is 24.3 Å². The van der Waals surface area contributed by atoms with Gasteiger partial charge >= 0.3 is 0 Å². The van der Waals surface area contributed by atoms with Crippen molar-refractivity contribution in [2.45, 2.75) is 0 Å². The van der Waals surface area contributed by atoms with Gasteiger partial charge in [0.1, 0.15) is 0 Å². The van der Waals surface area contributed by atoms with Gasteiger partial charge in [0.05, 0.1) is 0 Å². The summed E-state index contributed by atoms with van der Waals surface area (Å²) in [4.78, 5) is 0. The van der Waals surface area contributed by atoms with Gasteiger partial charge in [0, 0.05) is 0 Å². The van der Waals surface area contributed by atoms with Crippen molar-refractivity contribution in [3.63, 3.8) is 0 Å². The fourth-order valence-corrected chi connectivity index (χ4v) is 0.901. The molecule has 0 aliphatic carbocycles. The van der Waals surface area contributed by atoms with Gasteiger partial charge in [0.15, 0.2) is 0 Å². The molecule has 3 heteroatoms. The minimum absolute atomic E-state index is 0.389. The largest absolute Gasteiger partial charge is 0.291 e. The third kappa shape index (κ3) is 0.903. The molecule has 0 aromatic heterocycles. The van der Waals surface area contributed by atoms with E-state index in [0.29, 0.717) is 5.30 Å². The molecule has 0 aliphatic heterocycles. The van der Waals surface area contributed by atoms with Crippen LogP contribution in [0.2, 0.25) is 0 Å². The van der Waals surface area contributed by atoms with Gasteiger partial charge in [-0.15, -0.1) is 0 Å². The molecule has 1 aromatic carbocycles. The maximum atomic E-state index is 10.1. The second kappa shape index (κ2) is 2.01. The van der Waals surface area contributed by atoms with Crippen LogP contribution in [0.5, 0.6) is 0 Å². The molecule has 1 aromatic rings. The molecule has 0 radical (unpaired) electrons. The Morgan fingerprint density at radius 3 is 1.88 bits per heavy atom. The van der Waals surface area contributed by atoms with E-state index in [-0.39, 0.29) is 0 Å². The van der Waals surface area contributed by atoms with E-state index in [1.54, 1.807) is 24.3 Å². The molecule has 0 heterocycles. The molecule has 1 rings (SSSR count). The highest BCUT2D eigenvalue weighted by molar-refractivity contribution is 7.40. The Morgan fingerprint density at radius 1 is 1.12 bits per heavy atom. The molecule has 42 valence electrons. The summed E-state index contributed by atoms with van der Waals surface area (Å²) < 4.78 is 20.2. The molecule has 2 nitrogen and oxygen atoms in total. The highest BCUT2D eigenvalue weighted by atomic mass is 31.1. The molecule has 0 amide bonds. The fraction of sp³-hybridized carbons (Fsp3) is 0. The first-order valence-corrected chi connectivity index (χ1v) is 3.34. The Bertz CT molecular complexity index is 213. The van der Waals surface area contributed by atoms with Crippen molar-refractivity contribution in [3.8, 4) is 0 Å². The van der Waals surface area contributed by atoms with Gasteiger partial charge in [0.2, 0.25) is 0 Å². The van der Waals surface area contributed by atoms with Crippen LogP contribution in [0.4, 0.5) is 0 Å². The minimum atomic E-state index is -2.36. The summed E-state index contributed by atoms with van der Waals surface area (Å²) in [5, 5.41) is 0.389. The summed E-state index contributed by atoms with van der Waals surface area (Å²) in [5.74, 6) is 0. The Labute approximate surface area is 47.3 Å². The van der Waals surface area contributed by atoms with E-state index in [1.165, 1.54) is 0 Å². The SMILES string of the molecule is O=P(=O)[c-]1cccc1. The summed E-state index contributed by atoms with van der Waals surface area (Å²) in [6.07, 6.45) is 0. The first-order chi connectivity index (χ1) is 3.80. The van der Waals surface area contributed by atoms with E-state index < -0.39 is 7.68 Å². The van der Waals surface area contributed by atoms with Crippen molar-refractivity contribution in [1.29, 1.82) is 0 Å². The Hall–Kier alpha value is -0.750. The molecule has 0 unspecified atom stereocenters. The van der Waals surface area contributed by atoms with Crippen molar-refractivity contribution >= 4 is 13.0 Å². The fourth-order valence-electron chi connectivity index (χ4n) is 0.486. The third-order valence-corrected chi connectivity index (χ3v) is 1.58. The van der Waals surface area contributed by atoms with Crippen LogP contribution in [0.3, 0.4) is 0 Å². The van der Waals surface area contributed by atoms with E-state index in [2.05, 4.69) is 0 Å². The van der Waals surface area contributed by atoms with Crippen LogP contribution >= 0.6 is 7.68 Å². The lowest BCUT2D eigenvalue weighted by molar-refractivity contribution is 0.523. The molecule has 0 fully saturated rings. The van der Waals surface area contributed by atoms with Gasteiger partial charge in [-0.3, -0.25) is 0 Å². The predicted octanol–water partition coefficient (Wildman–Crippen LogP) is 1.20. The third-order valence-electron chi connectivity index (χ3n) is 0.856. The molecular weight excluding hydrogens is 123 g/mol. The van der Waals surface area contributed by atoms with Crippen molar-refractivity contribution in [2.24, 2.45) is 0 Å². The number of hydrogen-bond acceptors (Lipinski definition) is 2. The molecule has 8 heavy (non-hydrogen) atoms. The van der Waals surface area contributed by atoms with E-state index >= 15 is 0 Å². The number of hydrogen-bond donors (Lipinski definition) is 0. The van der Waals surface area contributed by atoms with Crippen LogP contribution < -0.4 is 5.30 Å². The Balaban J connectivity index is 3.11. The molecule has 0 N–H and O–H groups in total. The maximum Gasteiger partial charge on any atom is 0.291 e. The molecule has 0 saturated heterocycles. The van der Waals surface area contributed by atoms with Gasteiger partial charge in [-0.2, -0.15) is 12.1 Å². The monoisotopic (exact) mass is 127 g/mol. The second-order valence-electron chi connectivity index (χ2n) is 1.40. The Morgan fingerprint density at radius 2 is 1.62 bits per heavy atom. The normalized spacial score (nSPS) is 9.00. The zero-order chi connectivity index (χ0) is 5.98. The lowest BCUT2D eigenvalue weighted by Gasteiger charge is -1.76. The quantitative estimate of drug-likeness (QED) is 0.419. The highest BCUT2D eigenvalue weighted by Gasteiger charge is 1.83. The van der Waals surface area contributed by atoms with E-state index in [4.69, 9.17) is 0 Å². The summed E-state index contributed by atoms with van der Waals surface area (Å²) in [5.41, 5.74) is 0. The topological polar surface area (TPSA) is 34.1 Å². The molecule has 0 aliphatic rings. The minimum Gasteiger partial charge on any atom is -0.246 e. The summed E-state index contributed by atoms with van der Waals surface area (Å²) in [7, 11) is -2.36. The van der Waals surface area contributed by atoms with Gasteiger partial charge in [-0.05, 0) is 5.30 Å². The van der Waals surface area contributed by atoms with Crippen molar-refractivity contribution in [1.82, 2.24) is 0 Å². The average Bonchev–Trinajstić information content (AvgIpc) is 2.12. The van der Waals surface area contributed by atoms with Crippen LogP contribution in [-0.4, -0.2) is 0 Å². The Kier molecular flexibility index (Phi) is 1.36. The van der Waals surface area contributed by atoms with E-state index in [1.807, 2.05) is 0 Å². The van der Waals surface area contributed by atoms with Gasteiger partial charge < -0.3 is 0 Å². The smallest absolute Gasteiger partial charge is 0.246 e. The van der Waals surface area contributed by atoms with Gasteiger partial charge in [0.25, 0.3) is 7.68 Å². The summed E-state index contributed by atoms with van der Waals surface area (Å²) in [6, 6.07) is 6.51. The predicted molar refractivity (Wildman–Crippen MR) is 30.0 cm³/mol. The summed E-state index contributed by atoms with van der Waals surface area (Å²) in [6.45, 7) is 0. The second-order valence-corrected chi connectivity index (χ2v) is 2.43. The van der Waals surface area contributed by atoms with Crippen molar-refractivity contribution < 1.29 is 9.13 Å². The molecular formula is C5H4O2P-. The molecule has 0 atom stereocenters. The molecule has 0 spiro atoms. The van der Waals surface area contributed by atoms with E-state index in [0.717, 1.165) is 0 Å².